The molecule has 0 aliphatic carbocycles. The largest absolute Gasteiger partial charge is 0.508 e. The van der Waals surface area contributed by atoms with Crippen LogP contribution >= 0.6 is 11.3 Å². The van der Waals surface area contributed by atoms with Gasteiger partial charge in [0.25, 0.3) is 0 Å². The standard InChI is InChI=1S/C23H28FN3O2S/c1-26(23-25-21-16-19(28)6-9-22(21)30-23)18-10-13-27(14-11-18)12-2-3-15-29-20-7-4-17(24)5-8-20/h4-9,16,18,28H,2-3,10-15H2,1H3. The van der Waals surface area contributed by atoms with Crippen molar-refractivity contribution in [3.05, 3.63) is 48.3 Å². The quantitative estimate of drug-likeness (QED) is 0.516. The Hall–Kier alpha value is -2.38. The fraction of sp³-hybridized carbons (Fsp3) is 0.435. The Kier molecular flexibility index (Phi) is 6.69. The zero-order valence-electron chi connectivity index (χ0n) is 17.3. The summed E-state index contributed by atoms with van der Waals surface area (Å²) in [6, 6.07) is 12.1. The maximum Gasteiger partial charge on any atom is 0.186 e. The minimum absolute atomic E-state index is 0.237. The molecule has 3 aromatic rings. The summed E-state index contributed by atoms with van der Waals surface area (Å²) in [7, 11) is 2.13. The lowest BCUT2D eigenvalue weighted by Gasteiger charge is -2.36. The van der Waals surface area contributed by atoms with Gasteiger partial charge in [-0.05, 0) is 68.6 Å². The monoisotopic (exact) mass is 429 g/mol. The smallest absolute Gasteiger partial charge is 0.186 e. The fourth-order valence-electron chi connectivity index (χ4n) is 3.90. The maximum atomic E-state index is 12.9. The molecule has 160 valence electrons. The summed E-state index contributed by atoms with van der Waals surface area (Å²) < 4.78 is 19.7. The molecule has 0 saturated carbocycles. The lowest BCUT2D eigenvalue weighted by atomic mass is 10.0. The molecule has 4 rings (SSSR count). The second-order valence-corrected chi connectivity index (χ2v) is 8.85. The van der Waals surface area contributed by atoms with Crippen molar-refractivity contribution in [2.75, 3.05) is 38.2 Å². The van der Waals surface area contributed by atoms with Gasteiger partial charge in [-0.25, -0.2) is 9.37 Å². The highest BCUT2D eigenvalue weighted by Gasteiger charge is 2.24. The summed E-state index contributed by atoms with van der Waals surface area (Å²) in [5.41, 5.74) is 0.863. The number of ether oxygens (including phenoxy) is 1. The molecule has 2 heterocycles. The van der Waals surface area contributed by atoms with Crippen molar-refractivity contribution in [1.29, 1.82) is 0 Å². The number of piperidine rings is 1. The molecule has 0 atom stereocenters. The number of anilines is 1. The van der Waals surface area contributed by atoms with Crippen molar-refractivity contribution >= 4 is 26.7 Å². The number of thiazole rings is 1. The SMILES string of the molecule is CN(c1nc2cc(O)ccc2s1)C1CCN(CCCCOc2ccc(F)cc2)CC1. The van der Waals surface area contributed by atoms with Gasteiger partial charge < -0.3 is 19.6 Å². The number of fused-ring (bicyclic) bond motifs is 1. The van der Waals surface area contributed by atoms with Crippen molar-refractivity contribution in [2.24, 2.45) is 0 Å². The summed E-state index contributed by atoms with van der Waals surface area (Å²) in [4.78, 5) is 9.53. The topological polar surface area (TPSA) is 48.8 Å². The van der Waals surface area contributed by atoms with Crippen LogP contribution in [-0.2, 0) is 0 Å². The van der Waals surface area contributed by atoms with Crippen LogP contribution < -0.4 is 9.64 Å². The minimum atomic E-state index is -0.237. The van der Waals surface area contributed by atoms with Crippen LogP contribution in [0.4, 0.5) is 9.52 Å². The first-order valence-corrected chi connectivity index (χ1v) is 11.3. The number of unbranched alkanes of at least 4 members (excludes halogenated alkanes) is 1. The Balaban J connectivity index is 1.17. The summed E-state index contributed by atoms with van der Waals surface area (Å²) in [5.74, 6) is 0.752. The first-order chi connectivity index (χ1) is 14.6. The number of likely N-dealkylation sites (tertiary alicyclic amines) is 1. The molecule has 0 bridgehead atoms. The predicted molar refractivity (Wildman–Crippen MR) is 120 cm³/mol. The molecule has 5 nitrogen and oxygen atoms in total. The van der Waals surface area contributed by atoms with Crippen LogP contribution in [0.15, 0.2) is 42.5 Å². The molecule has 1 N–H and O–H groups in total. The summed E-state index contributed by atoms with van der Waals surface area (Å²) in [5, 5.41) is 10.7. The van der Waals surface area contributed by atoms with E-state index in [4.69, 9.17) is 9.72 Å². The molecule has 2 aromatic carbocycles. The number of aromatic nitrogens is 1. The molecule has 0 spiro atoms. The van der Waals surface area contributed by atoms with E-state index in [1.54, 1.807) is 35.6 Å². The molecule has 1 saturated heterocycles. The number of hydrogen-bond acceptors (Lipinski definition) is 6. The van der Waals surface area contributed by atoms with Gasteiger partial charge in [-0.15, -0.1) is 0 Å². The Labute approximate surface area is 180 Å². The molecule has 0 amide bonds. The van der Waals surface area contributed by atoms with Crippen LogP contribution in [0, 0.1) is 5.82 Å². The van der Waals surface area contributed by atoms with Crippen molar-refractivity contribution in [3.63, 3.8) is 0 Å². The Morgan fingerprint density at radius 3 is 2.70 bits per heavy atom. The average Bonchev–Trinajstić information content (AvgIpc) is 3.18. The Morgan fingerprint density at radius 2 is 1.93 bits per heavy atom. The molecular weight excluding hydrogens is 401 g/mol. The van der Waals surface area contributed by atoms with Gasteiger partial charge in [0.2, 0.25) is 0 Å². The van der Waals surface area contributed by atoms with Gasteiger partial charge in [0.15, 0.2) is 5.13 Å². The van der Waals surface area contributed by atoms with E-state index in [2.05, 4.69) is 16.8 Å². The highest BCUT2D eigenvalue weighted by molar-refractivity contribution is 7.22. The van der Waals surface area contributed by atoms with Crippen LogP contribution in [0.25, 0.3) is 10.2 Å². The number of aromatic hydroxyl groups is 1. The third kappa shape index (κ3) is 5.21. The number of phenolic OH excluding ortho intramolecular Hbond substituents is 1. The van der Waals surface area contributed by atoms with Crippen LogP contribution in [0.3, 0.4) is 0 Å². The third-order valence-electron chi connectivity index (χ3n) is 5.72. The number of rotatable bonds is 8. The fourth-order valence-corrected chi connectivity index (χ4v) is 4.88. The van der Waals surface area contributed by atoms with E-state index in [1.807, 2.05) is 6.07 Å². The molecular formula is C23H28FN3O2S. The van der Waals surface area contributed by atoms with Crippen molar-refractivity contribution in [3.8, 4) is 11.5 Å². The normalized spacial score (nSPS) is 15.5. The first kappa shape index (κ1) is 20.9. The summed E-state index contributed by atoms with van der Waals surface area (Å²) in [6.07, 6.45) is 4.35. The number of benzene rings is 2. The van der Waals surface area contributed by atoms with Crippen molar-refractivity contribution in [1.82, 2.24) is 9.88 Å². The number of halogens is 1. The van der Waals surface area contributed by atoms with Crippen LogP contribution in [0.1, 0.15) is 25.7 Å². The Morgan fingerprint density at radius 1 is 1.17 bits per heavy atom. The number of hydrogen-bond donors (Lipinski definition) is 1. The number of phenols is 1. The molecule has 1 aromatic heterocycles. The van der Waals surface area contributed by atoms with E-state index in [-0.39, 0.29) is 11.6 Å². The lowest BCUT2D eigenvalue weighted by molar-refractivity contribution is 0.201. The van der Waals surface area contributed by atoms with Crippen molar-refractivity contribution < 1.29 is 14.2 Å². The second kappa shape index (κ2) is 9.62. The van der Waals surface area contributed by atoms with Gasteiger partial charge in [-0.3, -0.25) is 0 Å². The second-order valence-electron chi connectivity index (χ2n) is 7.84. The minimum Gasteiger partial charge on any atom is -0.508 e. The van der Waals surface area contributed by atoms with E-state index < -0.39 is 0 Å². The number of nitrogens with zero attached hydrogens (tertiary/aromatic N) is 3. The van der Waals surface area contributed by atoms with E-state index >= 15 is 0 Å². The van der Waals surface area contributed by atoms with E-state index in [0.717, 1.165) is 66.4 Å². The highest BCUT2D eigenvalue weighted by Crippen LogP contribution is 2.32. The molecule has 1 aliphatic rings. The predicted octanol–water partition coefficient (Wildman–Crippen LogP) is 4.90. The molecule has 0 radical (unpaired) electrons. The third-order valence-corrected chi connectivity index (χ3v) is 6.84. The zero-order valence-corrected chi connectivity index (χ0v) is 18.1. The van der Waals surface area contributed by atoms with Gasteiger partial charge in [0.1, 0.15) is 17.3 Å². The van der Waals surface area contributed by atoms with Crippen molar-refractivity contribution in [2.45, 2.75) is 31.7 Å². The van der Waals surface area contributed by atoms with E-state index in [9.17, 15) is 9.50 Å². The molecule has 30 heavy (non-hydrogen) atoms. The maximum absolute atomic E-state index is 12.9. The molecule has 0 unspecified atom stereocenters. The molecule has 1 fully saturated rings. The highest BCUT2D eigenvalue weighted by atomic mass is 32.1. The summed E-state index contributed by atoms with van der Waals surface area (Å²) in [6.45, 7) is 3.95. The van der Waals surface area contributed by atoms with Gasteiger partial charge in [-0.2, -0.15) is 0 Å². The molecule has 1 aliphatic heterocycles. The van der Waals surface area contributed by atoms with Gasteiger partial charge in [0, 0.05) is 32.2 Å². The van der Waals surface area contributed by atoms with Crippen LogP contribution in [0.5, 0.6) is 11.5 Å². The lowest BCUT2D eigenvalue weighted by Crippen LogP contribution is -2.43. The average molecular weight is 430 g/mol. The molecule has 7 heteroatoms. The Bertz CT molecular complexity index is 955. The first-order valence-electron chi connectivity index (χ1n) is 10.5. The summed E-state index contributed by atoms with van der Waals surface area (Å²) >= 11 is 1.68. The van der Waals surface area contributed by atoms with Gasteiger partial charge in [-0.1, -0.05) is 11.3 Å². The van der Waals surface area contributed by atoms with E-state index in [0.29, 0.717) is 12.6 Å². The van der Waals surface area contributed by atoms with Crippen LogP contribution in [0.2, 0.25) is 0 Å². The van der Waals surface area contributed by atoms with Gasteiger partial charge >= 0.3 is 0 Å². The van der Waals surface area contributed by atoms with Gasteiger partial charge in [0.05, 0.1) is 16.8 Å². The van der Waals surface area contributed by atoms with Crippen LogP contribution in [-0.4, -0.2) is 54.3 Å². The van der Waals surface area contributed by atoms with E-state index in [1.165, 1.54) is 12.1 Å². The zero-order chi connectivity index (χ0) is 20.9.